The second-order valence-electron chi connectivity index (χ2n) is 8.07. The van der Waals surface area contributed by atoms with Crippen LogP contribution in [0.25, 0.3) is 11.3 Å². The van der Waals surface area contributed by atoms with Crippen molar-refractivity contribution in [2.75, 3.05) is 0 Å². The van der Waals surface area contributed by atoms with Crippen LogP contribution >= 0.6 is 0 Å². The van der Waals surface area contributed by atoms with Crippen molar-refractivity contribution >= 4 is 18.8 Å². The molecule has 10 nitrogen and oxygen atoms in total. The minimum atomic E-state index is -2.10. The number of nitrogens with zero attached hydrogens (tertiary/aromatic N) is 4. The third kappa shape index (κ3) is 3.57. The molecule has 3 aromatic rings. The van der Waals surface area contributed by atoms with Crippen LogP contribution in [0.2, 0.25) is 0 Å². The molecule has 0 saturated carbocycles. The van der Waals surface area contributed by atoms with Gasteiger partial charge in [0.15, 0.2) is 5.82 Å². The molecule has 156 valence electrons. The van der Waals surface area contributed by atoms with Gasteiger partial charge >= 0.3 is 13.3 Å². The normalized spacial score (nSPS) is 14.6. The van der Waals surface area contributed by atoms with Crippen LogP contribution in [0.1, 0.15) is 37.6 Å². The molecule has 0 radical (unpaired) electrons. The number of ether oxygens (including phenoxy) is 1. The molecule has 3 heterocycles. The van der Waals surface area contributed by atoms with Gasteiger partial charge in [0.2, 0.25) is 0 Å². The number of aromatic nitrogens is 4. The van der Waals surface area contributed by atoms with Crippen molar-refractivity contribution in [3.8, 4) is 11.6 Å². The van der Waals surface area contributed by atoms with E-state index in [9.17, 15) is 19.6 Å². The van der Waals surface area contributed by atoms with Crippen LogP contribution in [0.5, 0.6) is 5.75 Å². The van der Waals surface area contributed by atoms with Gasteiger partial charge in [-0.2, -0.15) is 9.78 Å². The van der Waals surface area contributed by atoms with E-state index in [-0.39, 0.29) is 29.2 Å². The lowest BCUT2D eigenvalue weighted by molar-refractivity contribution is -0.142. The molecule has 0 aromatic carbocycles. The minimum Gasteiger partial charge on any atom is -0.511 e. The number of esters is 1. The Labute approximate surface area is 171 Å². The van der Waals surface area contributed by atoms with Crippen LogP contribution < -0.4 is 10.2 Å². The summed E-state index contributed by atoms with van der Waals surface area (Å²) in [7, 11) is -2.10. The Bertz CT molecular complexity index is 1200. The van der Waals surface area contributed by atoms with Crippen molar-refractivity contribution < 1.29 is 24.2 Å². The molecule has 2 N–H and O–H groups in total. The number of pyridine rings is 1. The van der Waals surface area contributed by atoms with Crippen LogP contribution in [0.15, 0.2) is 29.5 Å². The first-order valence-corrected chi connectivity index (χ1v) is 9.42. The maximum atomic E-state index is 13.2. The number of rotatable bonds is 5. The van der Waals surface area contributed by atoms with Crippen LogP contribution in [0.3, 0.4) is 0 Å². The maximum absolute atomic E-state index is 13.2. The van der Waals surface area contributed by atoms with Gasteiger partial charge in [-0.3, -0.25) is 14.0 Å². The third-order valence-electron chi connectivity index (χ3n) is 5.08. The summed E-state index contributed by atoms with van der Waals surface area (Å²) in [5.41, 5.74) is 2.56. The summed E-state index contributed by atoms with van der Waals surface area (Å²) in [6.07, 6.45) is 4.61. The summed E-state index contributed by atoms with van der Waals surface area (Å²) in [4.78, 5) is 28.7. The summed E-state index contributed by atoms with van der Waals surface area (Å²) in [5, 5.41) is 22.6. The Hall–Kier alpha value is -3.18. The van der Waals surface area contributed by atoms with Crippen LogP contribution in [0.4, 0.5) is 0 Å². The molecule has 0 saturated heterocycles. The van der Waals surface area contributed by atoms with Gasteiger partial charge in [-0.05, 0) is 36.0 Å². The van der Waals surface area contributed by atoms with E-state index in [2.05, 4.69) is 23.9 Å². The smallest absolute Gasteiger partial charge is 0.511 e. The average molecular weight is 412 g/mol. The van der Waals surface area contributed by atoms with Gasteiger partial charge in [0, 0.05) is 18.8 Å². The fourth-order valence-electron chi connectivity index (χ4n) is 3.89. The number of hydrogen-bond donors (Lipinski definition) is 2. The van der Waals surface area contributed by atoms with Crippen molar-refractivity contribution in [2.24, 2.45) is 5.41 Å². The number of hydrogen-bond acceptors (Lipinski definition) is 8. The summed E-state index contributed by atoms with van der Waals surface area (Å²) in [6, 6.07) is 3.24. The van der Waals surface area contributed by atoms with Crippen molar-refractivity contribution in [3.05, 3.63) is 51.8 Å². The Morgan fingerprint density at radius 1 is 1.33 bits per heavy atom. The highest BCUT2D eigenvalue weighted by Gasteiger charge is 2.32. The minimum absolute atomic E-state index is 0.00412. The van der Waals surface area contributed by atoms with Gasteiger partial charge < -0.3 is 19.4 Å². The first-order chi connectivity index (χ1) is 14.2. The standard InChI is InChI=1S/C19H21BN4O6/c1-11(25)29-9-13-16(30-20(27)28)4-5-21-17(13)24-18(26)14-6-12-7-19(2,3)8-15(12)23(14)10-22-24/h4-6,10,27-28H,7-9H2,1-3H3. The summed E-state index contributed by atoms with van der Waals surface area (Å²) < 4.78 is 12.9. The second kappa shape index (κ2) is 7.26. The summed E-state index contributed by atoms with van der Waals surface area (Å²) in [6.45, 7) is 5.31. The molecule has 0 fully saturated rings. The van der Waals surface area contributed by atoms with Crippen LogP contribution in [0, 0.1) is 5.41 Å². The van der Waals surface area contributed by atoms with Gasteiger partial charge in [0.1, 0.15) is 24.2 Å². The molecule has 0 amide bonds. The van der Waals surface area contributed by atoms with E-state index >= 15 is 0 Å². The maximum Gasteiger partial charge on any atom is 0.707 e. The Balaban J connectivity index is 1.85. The Kier molecular flexibility index (Phi) is 4.87. The van der Waals surface area contributed by atoms with E-state index in [1.807, 2.05) is 6.07 Å². The molecule has 1 aliphatic carbocycles. The van der Waals surface area contributed by atoms with Crippen LogP contribution in [-0.4, -0.2) is 42.5 Å². The molecule has 11 heteroatoms. The van der Waals surface area contributed by atoms with Gasteiger partial charge in [-0.1, -0.05) is 13.8 Å². The highest BCUT2D eigenvalue weighted by Crippen LogP contribution is 2.37. The zero-order chi connectivity index (χ0) is 21.6. The number of carbonyl (C=O) groups excluding carboxylic acids is 1. The monoisotopic (exact) mass is 412 g/mol. The van der Waals surface area contributed by atoms with E-state index in [1.54, 1.807) is 10.7 Å². The average Bonchev–Trinajstić information content (AvgIpc) is 3.13. The van der Waals surface area contributed by atoms with Crippen LogP contribution in [-0.2, 0) is 29.0 Å². The van der Waals surface area contributed by atoms with Crippen molar-refractivity contribution in [1.29, 1.82) is 0 Å². The van der Waals surface area contributed by atoms with E-state index in [0.717, 1.165) is 28.8 Å². The van der Waals surface area contributed by atoms with Crippen molar-refractivity contribution in [1.82, 2.24) is 19.2 Å². The Morgan fingerprint density at radius 2 is 2.10 bits per heavy atom. The van der Waals surface area contributed by atoms with E-state index < -0.39 is 18.8 Å². The lowest BCUT2D eigenvalue weighted by Crippen LogP contribution is -2.27. The second-order valence-corrected chi connectivity index (χ2v) is 8.07. The molecular formula is C19H21BN4O6. The molecular weight excluding hydrogens is 391 g/mol. The molecule has 4 rings (SSSR count). The quantitative estimate of drug-likeness (QED) is 0.456. The number of carbonyl (C=O) groups is 1. The third-order valence-corrected chi connectivity index (χ3v) is 5.08. The van der Waals surface area contributed by atoms with Crippen molar-refractivity contribution in [2.45, 2.75) is 40.2 Å². The molecule has 3 aromatic heterocycles. The lowest BCUT2D eigenvalue weighted by atomic mass is 9.90. The molecule has 30 heavy (non-hydrogen) atoms. The zero-order valence-electron chi connectivity index (χ0n) is 16.8. The molecule has 0 unspecified atom stereocenters. The fourth-order valence-corrected chi connectivity index (χ4v) is 3.89. The molecule has 0 aliphatic heterocycles. The highest BCUT2D eigenvalue weighted by molar-refractivity contribution is 6.33. The summed E-state index contributed by atoms with van der Waals surface area (Å²) >= 11 is 0. The lowest BCUT2D eigenvalue weighted by Gasteiger charge is -2.17. The van der Waals surface area contributed by atoms with Gasteiger partial charge in [0.25, 0.3) is 5.56 Å². The van der Waals surface area contributed by atoms with E-state index in [0.29, 0.717) is 5.52 Å². The SMILES string of the molecule is CC(=O)OCc1c(OB(O)O)ccnc1-n1ncn2c3c(cc2c1=O)CC(C)(C)C3. The topological polar surface area (TPSA) is 128 Å². The van der Waals surface area contributed by atoms with Crippen molar-refractivity contribution in [3.63, 3.8) is 0 Å². The fraction of sp³-hybridized carbons (Fsp3) is 0.368. The first kappa shape index (κ1) is 20.1. The van der Waals surface area contributed by atoms with E-state index in [4.69, 9.17) is 9.39 Å². The molecule has 1 aliphatic rings. The zero-order valence-corrected chi connectivity index (χ0v) is 16.8. The first-order valence-electron chi connectivity index (χ1n) is 9.42. The summed E-state index contributed by atoms with van der Waals surface area (Å²) in [5.74, 6) is -0.477. The molecule has 0 bridgehead atoms. The predicted molar refractivity (Wildman–Crippen MR) is 106 cm³/mol. The number of fused-ring (bicyclic) bond motifs is 3. The molecule has 0 atom stereocenters. The van der Waals surface area contributed by atoms with Gasteiger partial charge in [-0.15, -0.1) is 0 Å². The Morgan fingerprint density at radius 3 is 2.80 bits per heavy atom. The van der Waals surface area contributed by atoms with Gasteiger partial charge in [-0.25, -0.2) is 4.98 Å². The predicted octanol–water partition coefficient (Wildman–Crippen LogP) is 0.416. The van der Waals surface area contributed by atoms with E-state index in [1.165, 1.54) is 19.2 Å². The molecule has 0 spiro atoms. The largest absolute Gasteiger partial charge is 0.707 e. The van der Waals surface area contributed by atoms with Gasteiger partial charge in [0.05, 0.1) is 5.56 Å². The highest BCUT2D eigenvalue weighted by atomic mass is 16.6.